The van der Waals surface area contributed by atoms with Gasteiger partial charge in [0.2, 0.25) is 0 Å². The van der Waals surface area contributed by atoms with E-state index >= 15 is 0 Å². The first-order valence-corrected chi connectivity index (χ1v) is 8.41. The van der Waals surface area contributed by atoms with E-state index in [-0.39, 0.29) is 21.2 Å². The maximum absolute atomic E-state index is 11.2. The molecule has 0 radical (unpaired) electrons. The molecule has 0 bridgehead atoms. The summed E-state index contributed by atoms with van der Waals surface area (Å²) < 4.78 is 0. The number of nitrogens with zero attached hydrogens (tertiary/aromatic N) is 4. The lowest BCUT2D eigenvalue weighted by atomic mass is 10.1. The average molecular weight is 356 g/mol. The van der Waals surface area contributed by atoms with Crippen LogP contribution in [0.15, 0.2) is 42.5 Å². The fourth-order valence-corrected chi connectivity index (χ4v) is 3.31. The van der Waals surface area contributed by atoms with Gasteiger partial charge in [0, 0.05) is 50.4 Å². The molecule has 136 valence electrons. The van der Waals surface area contributed by atoms with Crippen molar-refractivity contribution in [3.63, 3.8) is 0 Å². The van der Waals surface area contributed by atoms with Crippen molar-refractivity contribution in [2.45, 2.75) is 13.5 Å². The molecule has 8 nitrogen and oxygen atoms in total. The molecule has 0 atom stereocenters. The van der Waals surface area contributed by atoms with E-state index in [2.05, 4.69) is 4.90 Å². The van der Waals surface area contributed by atoms with Crippen molar-refractivity contribution < 1.29 is 9.85 Å². The van der Waals surface area contributed by atoms with Crippen LogP contribution in [0.25, 0.3) is 0 Å². The second kappa shape index (κ2) is 7.49. The Hall–Kier alpha value is -3.00. The lowest BCUT2D eigenvalue weighted by Crippen LogP contribution is -2.46. The average Bonchev–Trinajstić information content (AvgIpc) is 2.64. The Morgan fingerprint density at radius 2 is 1.50 bits per heavy atom. The molecule has 1 aliphatic rings. The van der Waals surface area contributed by atoms with E-state index in [4.69, 9.17) is 0 Å². The van der Waals surface area contributed by atoms with Crippen LogP contribution in [-0.4, -0.2) is 40.9 Å². The van der Waals surface area contributed by atoms with E-state index in [0.29, 0.717) is 30.9 Å². The summed E-state index contributed by atoms with van der Waals surface area (Å²) in [5.74, 6) is 0. The van der Waals surface area contributed by atoms with E-state index in [0.717, 1.165) is 18.7 Å². The van der Waals surface area contributed by atoms with Gasteiger partial charge in [0.1, 0.15) is 5.69 Å². The van der Waals surface area contributed by atoms with Gasteiger partial charge in [-0.25, -0.2) is 0 Å². The Morgan fingerprint density at radius 3 is 2.15 bits per heavy atom. The Labute approximate surface area is 150 Å². The van der Waals surface area contributed by atoms with Crippen LogP contribution in [-0.2, 0) is 6.54 Å². The SMILES string of the molecule is Cc1c(CN2CCN(c3ccccc3[N+](=O)[O-])CC2)cccc1[N+](=O)[O-]. The number of hydrogen-bond acceptors (Lipinski definition) is 6. The minimum absolute atomic E-state index is 0.121. The molecule has 3 rings (SSSR count). The van der Waals surface area contributed by atoms with Gasteiger partial charge >= 0.3 is 0 Å². The summed E-state index contributed by atoms with van der Waals surface area (Å²) in [7, 11) is 0. The number of para-hydroxylation sites is 2. The van der Waals surface area contributed by atoms with Gasteiger partial charge in [0.15, 0.2) is 0 Å². The van der Waals surface area contributed by atoms with E-state index < -0.39 is 0 Å². The smallest absolute Gasteiger partial charge is 0.292 e. The van der Waals surface area contributed by atoms with Crippen LogP contribution >= 0.6 is 0 Å². The van der Waals surface area contributed by atoms with Crippen molar-refractivity contribution in [3.8, 4) is 0 Å². The topological polar surface area (TPSA) is 92.8 Å². The normalized spacial score (nSPS) is 15.0. The molecule has 0 N–H and O–H groups in total. The van der Waals surface area contributed by atoms with E-state index in [1.807, 2.05) is 11.0 Å². The van der Waals surface area contributed by atoms with Gasteiger partial charge in [-0.1, -0.05) is 24.3 Å². The van der Waals surface area contributed by atoms with E-state index in [9.17, 15) is 20.2 Å². The molecule has 0 aliphatic carbocycles. The zero-order valence-corrected chi connectivity index (χ0v) is 14.5. The molecule has 0 saturated carbocycles. The number of benzene rings is 2. The van der Waals surface area contributed by atoms with Gasteiger partial charge in [-0.2, -0.15) is 0 Å². The third-order valence-corrected chi connectivity index (χ3v) is 4.80. The molecule has 1 fully saturated rings. The van der Waals surface area contributed by atoms with Crippen LogP contribution in [0.1, 0.15) is 11.1 Å². The van der Waals surface area contributed by atoms with Gasteiger partial charge in [-0.15, -0.1) is 0 Å². The Balaban J connectivity index is 1.68. The Morgan fingerprint density at radius 1 is 0.885 bits per heavy atom. The Kier molecular flexibility index (Phi) is 5.13. The maximum atomic E-state index is 11.2. The number of piperazine rings is 1. The molecule has 1 heterocycles. The van der Waals surface area contributed by atoms with Crippen molar-refractivity contribution in [1.82, 2.24) is 4.90 Å². The maximum Gasteiger partial charge on any atom is 0.292 e. The molecule has 2 aromatic rings. The molecular formula is C18H20N4O4. The van der Waals surface area contributed by atoms with Crippen molar-refractivity contribution in [2.24, 2.45) is 0 Å². The second-order valence-corrected chi connectivity index (χ2v) is 6.33. The highest BCUT2D eigenvalue weighted by atomic mass is 16.6. The lowest BCUT2D eigenvalue weighted by Gasteiger charge is -2.36. The summed E-state index contributed by atoms with van der Waals surface area (Å²) in [6, 6.07) is 11.9. The van der Waals surface area contributed by atoms with Crippen molar-refractivity contribution in [2.75, 3.05) is 31.1 Å². The molecule has 1 saturated heterocycles. The Bertz CT molecular complexity index is 832. The number of nitro benzene ring substituents is 2. The molecule has 0 amide bonds. The monoisotopic (exact) mass is 356 g/mol. The van der Waals surface area contributed by atoms with Gasteiger partial charge in [0.05, 0.1) is 9.85 Å². The van der Waals surface area contributed by atoms with Crippen LogP contribution < -0.4 is 4.90 Å². The molecule has 2 aromatic carbocycles. The molecule has 0 spiro atoms. The lowest BCUT2D eigenvalue weighted by molar-refractivity contribution is -0.385. The minimum atomic E-state index is -0.356. The first kappa shape index (κ1) is 17.8. The molecule has 1 aliphatic heterocycles. The van der Waals surface area contributed by atoms with Crippen LogP contribution in [0.2, 0.25) is 0 Å². The number of rotatable bonds is 5. The molecule has 26 heavy (non-hydrogen) atoms. The first-order chi connectivity index (χ1) is 12.5. The van der Waals surface area contributed by atoms with E-state index in [1.165, 1.54) is 12.1 Å². The third kappa shape index (κ3) is 3.65. The van der Waals surface area contributed by atoms with Crippen molar-refractivity contribution in [3.05, 3.63) is 73.8 Å². The standard InChI is InChI=1S/C18H20N4O4/c1-14-15(5-4-8-16(14)21(23)24)13-19-9-11-20(12-10-19)17-6-2-3-7-18(17)22(25)26/h2-8H,9-13H2,1H3. The summed E-state index contributed by atoms with van der Waals surface area (Å²) in [6.45, 7) is 5.26. The fourth-order valence-electron chi connectivity index (χ4n) is 3.31. The number of nitro groups is 2. The fraction of sp³-hybridized carbons (Fsp3) is 0.333. The summed E-state index contributed by atoms with van der Waals surface area (Å²) in [5.41, 5.74) is 2.54. The second-order valence-electron chi connectivity index (χ2n) is 6.33. The van der Waals surface area contributed by atoms with Crippen LogP contribution in [0.5, 0.6) is 0 Å². The largest absolute Gasteiger partial charge is 0.363 e. The van der Waals surface area contributed by atoms with E-state index in [1.54, 1.807) is 31.2 Å². The highest BCUT2D eigenvalue weighted by Gasteiger charge is 2.24. The third-order valence-electron chi connectivity index (χ3n) is 4.80. The first-order valence-electron chi connectivity index (χ1n) is 8.41. The summed E-state index contributed by atoms with van der Waals surface area (Å²) in [5, 5.41) is 22.3. The summed E-state index contributed by atoms with van der Waals surface area (Å²) in [4.78, 5) is 25.8. The van der Waals surface area contributed by atoms with Gasteiger partial charge in [-0.3, -0.25) is 25.1 Å². The minimum Gasteiger partial charge on any atom is -0.363 e. The zero-order valence-electron chi connectivity index (χ0n) is 14.5. The molecular weight excluding hydrogens is 336 g/mol. The highest BCUT2D eigenvalue weighted by molar-refractivity contribution is 5.63. The number of hydrogen-bond donors (Lipinski definition) is 0. The highest BCUT2D eigenvalue weighted by Crippen LogP contribution is 2.29. The number of anilines is 1. The van der Waals surface area contributed by atoms with Crippen LogP contribution in [0, 0.1) is 27.2 Å². The summed E-state index contributed by atoms with van der Waals surface area (Å²) >= 11 is 0. The molecule has 0 unspecified atom stereocenters. The van der Waals surface area contributed by atoms with Crippen LogP contribution in [0.4, 0.5) is 17.1 Å². The molecule has 0 aromatic heterocycles. The molecule has 8 heteroatoms. The van der Waals surface area contributed by atoms with Gasteiger partial charge in [-0.05, 0) is 18.6 Å². The van der Waals surface area contributed by atoms with Crippen LogP contribution in [0.3, 0.4) is 0 Å². The van der Waals surface area contributed by atoms with Crippen molar-refractivity contribution >= 4 is 17.1 Å². The predicted molar refractivity (Wildman–Crippen MR) is 98.4 cm³/mol. The van der Waals surface area contributed by atoms with Crippen molar-refractivity contribution in [1.29, 1.82) is 0 Å². The van der Waals surface area contributed by atoms with Gasteiger partial charge < -0.3 is 4.90 Å². The van der Waals surface area contributed by atoms with Gasteiger partial charge in [0.25, 0.3) is 11.4 Å². The summed E-state index contributed by atoms with van der Waals surface area (Å²) in [6.07, 6.45) is 0. The predicted octanol–water partition coefficient (Wildman–Crippen LogP) is 3.13. The zero-order chi connectivity index (χ0) is 18.7. The quantitative estimate of drug-likeness (QED) is 0.603.